The van der Waals surface area contributed by atoms with Crippen LogP contribution in [-0.2, 0) is 17.8 Å². The lowest BCUT2D eigenvalue weighted by Crippen LogP contribution is -2.29. The molecular formula is C13H10FN3O3. The van der Waals surface area contributed by atoms with Crippen molar-refractivity contribution in [2.45, 2.75) is 19.9 Å². The molecule has 7 heteroatoms. The minimum Gasteiger partial charge on any atom is -0.423 e. The van der Waals surface area contributed by atoms with Crippen molar-refractivity contribution < 1.29 is 18.4 Å². The SMILES string of the molecule is CCc1nnc(CN2C(=O)C(=O)c3cccc(F)c32)o1. The fourth-order valence-corrected chi connectivity index (χ4v) is 2.09. The number of para-hydroxylation sites is 1. The summed E-state index contributed by atoms with van der Waals surface area (Å²) in [6.45, 7) is 1.72. The summed E-state index contributed by atoms with van der Waals surface area (Å²) in [6, 6.07) is 4.01. The Kier molecular flexibility index (Phi) is 2.81. The smallest absolute Gasteiger partial charge is 0.300 e. The van der Waals surface area contributed by atoms with Crippen molar-refractivity contribution in [2.24, 2.45) is 0 Å². The van der Waals surface area contributed by atoms with E-state index in [2.05, 4.69) is 10.2 Å². The average Bonchev–Trinajstić information content (AvgIpc) is 2.99. The van der Waals surface area contributed by atoms with Gasteiger partial charge in [-0.2, -0.15) is 0 Å². The molecule has 0 radical (unpaired) electrons. The zero-order valence-electron chi connectivity index (χ0n) is 10.6. The fraction of sp³-hybridized carbons (Fsp3) is 0.231. The van der Waals surface area contributed by atoms with Crippen LogP contribution in [0.5, 0.6) is 0 Å². The van der Waals surface area contributed by atoms with Gasteiger partial charge in [0.25, 0.3) is 11.7 Å². The molecule has 20 heavy (non-hydrogen) atoms. The van der Waals surface area contributed by atoms with E-state index in [-0.39, 0.29) is 23.7 Å². The maximum absolute atomic E-state index is 13.8. The summed E-state index contributed by atoms with van der Waals surface area (Å²) in [7, 11) is 0. The second-order valence-electron chi connectivity index (χ2n) is 4.30. The number of anilines is 1. The first-order valence-electron chi connectivity index (χ1n) is 6.07. The van der Waals surface area contributed by atoms with Crippen molar-refractivity contribution in [1.29, 1.82) is 0 Å². The number of aryl methyl sites for hydroxylation is 1. The zero-order valence-corrected chi connectivity index (χ0v) is 10.6. The molecular weight excluding hydrogens is 265 g/mol. The first kappa shape index (κ1) is 12.5. The average molecular weight is 275 g/mol. The van der Waals surface area contributed by atoms with Crippen molar-refractivity contribution >= 4 is 17.4 Å². The van der Waals surface area contributed by atoms with E-state index < -0.39 is 17.5 Å². The highest BCUT2D eigenvalue weighted by Crippen LogP contribution is 2.32. The van der Waals surface area contributed by atoms with Gasteiger partial charge in [-0.25, -0.2) is 4.39 Å². The Bertz CT molecular complexity index is 711. The van der Waals surface area contributed by atoms with Crippen LogP contribution in [0.1, 0.15) is 29.1 Å². The van der Waals surface area contributed by atoms with E-state index in [0.717, 1.165) is 4.90 Å². The van der Waals surface area contributed by atoms with Crippen molar-refractivity contribution in [3.05, 3.63) is 41.4 Å². The quantitative estimate of drug-likeness (QED) is 0.793. The number of amides is 1. The third-order valence-corrected chi connectivity index (χ3v) is 3.05. The Balaban J connectivity index is 1.98. The van der Waals surface area contributed by atoms with Crippen LogP contribution in [0, 0.1) is 5.82 Å². The standard InChI is InChI=1S/C13H10FN3O3/c1-2-9-15-16-10(20-9)6-17-11-7(12(18)13(17)19)4-3-5-8(11)14/h3-5H,2,6H2,1H3. The van der Waals surface area contributed by atoms with Gasteiger partial charge in [-0.3, -0.25) is 14.5 Å². The Morgan fingerprint density at radius 3 is 2.70 bits per heavy atom. The van der Waals surface area contributed by atoms with Gasteiger partial charge in [0.05, 0.1) is 11.3 Å². The molecule has 1 amide bonds. The Morgan fingerprint density at radius 1 is 1.25 bits per heavy atom. The minimum atomic E-state index is -0.790. The first-order chi connectivity index (χ1) is 9.61. The Hall–Kier alpha value is -2.57. The van der Waals surface area contributed by atoms with E-state index in [1.54, 1.807) is 0 Å². The van der Waals surface area contributed by atoms with E-state index in [9.17, 15) is 14.0 Å². The number of rotatable bonds is 3. The highest BCUT2D eigenvalue weighted by Gasteiger charge is 2.38. The molecule has 0 saturated heterocycles. The molecule has 1 aliphatic heterocycles. The molecule has 2 heterocycles. The molecule has 0 unspecified atom stereocenters. The number of benzene rings is 1. The van der Waals surface area contributed by atoms with E-state index in [4.69, 9.17) is 4.42 Å². The summed E-state index contributed by atoms with van der Waals surface area (Å²) in [5.41, 5.74) is 0.0315. The number of fused-ring (bicyclic) bond motifs is 1. The maximum atomic E-state index is 13.8. The van der Waals surface area contributed by atoms with Crippen molar-refractivity contribution in [3.63, 3.8) is 0 Å². The number of aromatic nitrogens is 2. The van der Waals surface area contributed by atoms with Crippen LogP contribution in [0.25, 0.3) is 0 Å². The number of hydrogen-bond acceptors (Lipinski definition) is 5. The van der Waals surface area contributed by atoms with Crippen molar-refractivity contribution in [2.75, 3.05) is 4.90 Å². The predicted molar refractivity (Wildman–Crippen MR) is 65.6 cm³/mol. The summed E-state index contributed by atoms with van der Waals surface area (Å²) in [4.78, 5) is 24.7. The van der Waals surface area contributed by atoms with Gasteiger partial charge < -0.3 is 4.42 Å². The molecule has 6 nitrogen and oxygen atoms in total. The van der Waals surface area contributed by atoms with Crippen LogP contribution in [0.4, 0.5) is 10.1 Å². The van der Waals surface area contributed by atoms with Gasteiger partial charge in [-0.05, 0) is 12.1 Å². The van der Waals surface area contributed by atoms with Crippen LogP contribution >= 0.6 is 0 Å². The van der Waals surface area contributed by atoms with Crippen LogP contribution in [0.3, 0.4) is 0 Å². The summed E-state index contributed by atoms with van der Waals surface area (Å²) in [5, 5.41) is 7.53. The maximum Gasteiger partial charge on any atom is 0.300 e. The molecule has 102 valence electrons. The third-order valence-electron chi connectivity index (χ3n) is 3.05. The highest BCUT2D eigenvalue weighted by atomic mass is 19.1. The lowest BCUT2D eigenvalue weighted by molar-refractivity contribution is -0.114. The van der Waals surface area contributed by atoms with Gasteiger partial charge in [-0.1, -0.05) is 13.0 Å². The molecule has 0 bridgehead atoms. The Labute approximate surface area is 113 Å². The van der Waals surface area contributed by atoms with Gasteiger partial charge in [0.1, 0.15) is 12.4 Å². The molecule has 2 aromatic rings. The van der Waals surface area contributed by atoms with Crippen LogP contribution < -0.4 is 4.90 Å². The monoisotopic (exact) mass is 275 g/mol. The van der Waals surface area contributed by atoms with Gasteiger partial charge in [0, 0.05) is 6.42 Å². The highest BCUT2D eigenvalue weighted by molar-refractivity contribution is 6.52. The topological polar surface area (TPSA) is 76.3 Å². The number of Topliss-reactive ketones (excluding diaryl/α,β-unsaturated/α-hetero) is 1. The summed E-state index contributed by atoms with van der Waals surface area (Å²) >= 11 is 0. The summed E-state index contributed by atoms with van der Waals surface area (Å²) in [6.07, 6.45) is 0.560. The second kappa shape index (κ2) is 4.52. The van der Waals surface area contributed by atoms with Gasteiger partial charge in [-0.15, -0.1) is 10.2 Å². The number of nitrogens with zero attached hydrogens (tertiary/aromatic N) is 3. The number of halogens is 1. The first-order valence-corrected chi connectivity index (χ1v) is 6.07. The van der Waals surface area contributed by atoms with Crippen LogP contribution in [0.2, 0.25) is 0 Å². The van der Waals surface area contributed by atoms with E-state index in [1.165, 1.54) is 18.2 Å². The molecule has 1 aliphatic rings. The predicted octanol–water partition coefficient (Wildman–Crippen LogP) is 1.50. The molecule has 0 atom stereocenters. The van der Waals surface area contributed by atoms with Gasteiger partial charge in [0.2, 0.25) is 11.8 Å². The van der Waals surface area contributed by atoms with E-state index in [0.29, 0.717) is 12.3 Å². The molecule has 0 fully saturated rings. The fourth-order valence-electron chi connectivity index (χ4n) is 2.09. The molecule has 1 aromatic heterocycles. The lowest BCUT2D eigenvalue weighted by atomic mass is 10.1. The minimum absolute atomic E-state index is 0.0289. The molecule has 1 aromatic carbocycles. The third kappa shape index (κ3) is 1.78. The Morgan fingerprint density at radius 2 is 2.00 bits per heavy atom. The normalized spacial score (nSPS) is 14.0. The van der Waals surface area contributed by atoms with Crippen LogP contribution in [-0.4, -0.2) is 21.9 Å². The van der Waals surface area contributed by atoms with E-state index >= 15 is 0 Å². The number of carbonyl (C=O) groups is 2. The second-order valence-corrected chi connectivity index (χ2v) is 4.30. The number of hydrogen-bond donors (Lipinski definition) is 0. The largest absolute Gasteiger partial charge is 0.423 e. The van der Waals surface area contributed by atoms with Crippen LogP contribution in [0.15, 0.2) is 22.6 Å². The molecule has 3 rings (SSSR count). The van der Waals surface area contributed by atoms with Gasteiger partial charge in [0.15, 0.2) is 0 Å². The van der Waals surface area contributed by atoms with E-state index in [1.807, 2.05) is 6.92 Å². The number of carbonyl (C=O) groups excluding carboxylic acids is 2. The molecule has 0 saturated carbocycles. The van der Waals surface area contributed by atoms with Crippen molar-refractivity contribution in [1.82, 2.24) is 10.2 Å². The van der Waals surface area contributed by atoms with Gasteiger partial charge >= 0.3 is 0 Å². The van der Waals surface area contributed by atoms with Crippen molar-refractivity contribution in [3.8, 4) is 0 Å². The summed E-state index contributed by atoms with van der Waals surface area (Å²) < 4.78 is 19.1. The zero-order chi connectivity index (χ0) is 14.3. The summed E-state index contributed by atoms with van der Waals surface area (Å²) in [5.74, 6) is -1.56. The molecule has 0 spiro atoms. The molecule has 0 aliphatic carbocycles. The lowest BCUT2D eigenvalue weighted by Gasteiger charge is -2.14. The number of ketones is 1. The molecule has 0 N–H and O–H groups in total.